The Morgan fingerprint density at radius 2 is 1.97 bits per heavy atom. The summed E-state index contributed by atoms with van der Waals surface area (Å²) in [5.74, 6) is -0.371. The molecule has 2 saturated heterocycles. The van der Waals surface area contributed by atoms with Crippen LogP contribution in [-0.4, -0.2) is 54.4 Å². The van der Waals surface area contributed by atoms with E-state index in [0.29, 0.717) is 6.04 Å². The van der Waals surface area contributed by atoms with Crippen LogP contribution in [0.2, 0.25) is 0 Å². The van der Waals surface area contributed by atoms with E-state index in [-0.39, 0.29) is 24.3 Å². The summed E-state index contributed by atoms with van der Waals surface area (Å²) in [5, 5.41) is 14.9. The van der Waals surface area contributed by atoms with Crippen LogP contribution in [0.25, 0.3) is 10.2 Å². The topological polar surface area (TPSA) is 81.3 Å². The summed E-state index contributed by atoms with van der Waals surface area (Å²) in [6, 6.07) is 18.7. The summed E-state index contributed by atoms with van der Waals surface area (Å²) in [6.07, 6.45) is 1.78. The lowest BCUT2D eigenvalue weighted by Gasteiger charge is -2.42. The molecule has 168 valence electrons. The number of carbonyl (C=O) groups is 1. The van der Waals surface area contributed by atoms with Crippen molar-refractivity contribution in [2.24, 2.45) is 0 Å². The minimum absolute atomic E-state index is 0.00832. The van der Waals surface area contributed by atoms with Crippen LogP contribution in [0.1, 0.15) is 29.3 Å². The van der Waals surface area contributed by atoms with Crippen molar-refractivity contribution < 1.29 is 4.79 Å². The Morgan fingerprint density at radius 1 is 1.16 bits per heavy atom. The molecule has 1 amide bonds. The van der Waals surface area contributed by atoms with Gasteiger partial charge < -0.3 is 10.6 Å². The maximum Gasteiger partial charge on any atom is 0.235 e. The number of piperidine rings is 1. The summed E-state index contributed by atoms with van der Waals surface area (Å²) in [7, 11) is 2.03. The number of aromatic nitrogens is 1. The first-order chi connectivity index (χ1) is 15.7. The van der Waals surface area contributed by atoms with Crippen LogP contribution in [-0.2, 0) is 11.3 Å². The van der Waals surface area contributed by atoms with Crippen molar-refractivity contribution in [3.8, 4) is 0 Å². The van der Waals surface area contributed by atoms with Crippen LogP contribution in [0.5, 0.6) is 0 Å². The lowest BCUT2D eigenvalue weighted by molar-refractivity contribution is -0.129. The van der Waals surface area contributed by atoms with Gasteiger partial charge in [0.15, 0.2) is 0 Å². The largest absolute Gasteiger partial charge is 0.327 e. The minimum atomic E-state index is -0.379. The molecule has 32 heavy (non-hydrogen) atoms. The predicted molar refractivity (Wildman–Crippen MR) is 128 cm³/mol. The lowest BCUT2D eigenvalue weighted by atomic mass is 10.00. The summed E-state index contributed by atoms with van der Waals surface area (Å²) in [4.78, 5) is 20.4. The van der Waals surface area contributed by atoms with Gasteiger partial charge >= 0.3 is 0 Å². The van der Waals surface area contributed by atoms with Crippen LogP contribution in [0.15, 0.2) is 54.6 Å². The lowest BCUT2D eigenvalue weighted by Crippen LogP contribution is -2.70. The van der Waals surface area contributed by atoms with Gasteiger partial charge in [0, 0.05) is 19.1 Å². The smallest absolute Gasteiger partial charge is 0.235 e. The Balaban J connectivity index is 1.39. The second-order valence-corrected chi connectivity index (χ2v) is 9.73. The molecule has 0 bridgehead atoms. The minimum Gasteiger partial charge on any atom is -0.327 e. The predicted octanol–water partition coefficient (Wildman–Crippen LogP) is 2.18. The zero-order valence-corrected chi connectivity index (χ0v) is 19.1. The maximum atomic E-state index is 13.4. The van der Waals surface area contributed by atoms with Crippen LogP contribution >= 0.6 is 11.3 Å². The van der Waals surface area contributed by atoms with Crippen molar-refractivity contribution in [2.45, 2.75) is 43.8 Å². The molecule has 8 heteroatoms. The molecule has 0 spiro atoms. The molecule has 1 aromatic heterocycles. The van der Waals surface area contributed by atoms with Crippen LogP contribution in [0.3, 0.4) is 0 Å². The van der Waals surface area contributed by atoms with E-state index in [1.165, 1.54) is 5.56 Å². The van der Waals surface area contributed by atoms with Gasteiger partial charge in [-0.1, -0.05) is 42.5 Å². The summed E-state index contributed by atoms with van der Waals surface area (Å²) in [6.45, 7) is 2.71. The number of thiazole rings is 1. The van der Waals surface area contributed by atoms with Crippen LogP contribution < -0.4 is 21.3 Å². The quantitative estimate of drug-likeness (QED) is 0.461. The van der Waals surface area contributed by atoms with Crippen molar-refractivity contribution in [3.63, 3.8) is 0 Å². The third kappa shape index (κ3) is 4.69. The third-order valence-electron chi connectivity index (χ3n) is 6.24. The standard InChI is InChI=1S/C24H30N6OS/c1-30(15-16-8-3-2-4-9-16)24-28-21(26-17-10-7-13-25-14-17)20(22(31)29-24)23-27-18-11-5-6-12-19(18)32-23/h2-6,8-9,11-12,17,20-21,24-26,28H,7,10,13-15H2,1H3,(H,29,31)/t17-,20?,21?,24?/m1/s1. The fourth-order valence-electron chi connectivity index (χ4n) is 4.55. The van der Waals surface area contributed by atoms with Crippen molar-refractivity contribution in [1.82, 2.24) is 31.2 Å². The van der Waals surface area contributed by atoms with E-state index in [9.17, 15) is 4.79 Å². The fraction of sp³-hybridized carbons (Fsp3) is 0.417. The molecule has 2 aromatic carbocycles. The maximum absolute atomic E-state index is 13.4. The zero-order valence-electron chi connectivity index (χ0n) is 18.3. The molecular weight excluding hydrogens is 420 g/mol. The Bertz CT molecular complexity index is 1020. The van der Waals surface area contributed by atoms with Crippen LogP contribution in [0, 0.1) is 0 Å². The number of fused-ring (bicyclic) bond motifs is 1. The van der Waals surface area contributed by atoms with Gasteiger partial charge in [-0.3, -0.25) is 20.3 Å². The van der Waals surface area contributed by atoms with Crippen LogP contribution in [0.4, 0.5) is 0 Å². The molecule has 0 saturated carbocycles. The number of hydrogen-bond donors (Lipinski definition) is 4. The Labute approximate surface area is 192 Å². The Morgan fingerprint density at radius 3 is 2.75 bits per heavy atom. The number of rotatable bonds is 6. The van der Waals surface area contributed by atoms with Gasteiger partial charge in [0.25, 0.3) is 0 Å². The Hall–Kier alpha value is -2.36. The van der Waals surface area contributed by atoms with Gasteiger partial charge in [-0.15, -0.1) is 11.3 Å². The van der Waals surface area contributed by atoms with Crippen molar-refractivity contribution >= 4 is 27.5 Å². The van der Waals surface area contributed by atoms with E-state index in [1.54, 1.807) is 11.3 Å². The number of carbonyl (C=O) groups excluding carboxylic acids is 1. The highest BCUT2D eigenvalue weighted by atomic mass is 32.1. The first kappa shape index (κ1) is 21.5. The van der Waals surface area contributed by atoms with E-state index in [0.717, 1.165) is 47.7 Å². The van der Waals surface area contributed by atoms with E-state index in [1.807, 2.05) is 43.4 Å². The Kier molecular flexibility index (Phi) is 6.47. The van der Waals surface area contributed by atoms with Gasteiger partial charge in [-0.2, -0.15) is 0 Å². The normalized spacial score (nSPS) is 26.4. The van der Waals surface area contributed by atoms with Gasteiger partial charge in [0.1, 0.15) is 17.2 Å². The molecule has 0 radical (unpaired) electrons. The molecule has 4 N–H and O–H groups in total. The number of nitrogens with one attached hydrogen (secondary N) is 4. The highest BCUT2D eigenvalue weighted by Crippen LogP contribution is 2.31. The molecule has 0 aliphatic carbocycles. The third-order valence-corrected chi connectivity index (χ3v) is 7.36. The number of para-hydroxylation sites is 1. The number of nitrogens with zero attached hydrogens (tertiary/aromatic N) is 2. The molecule has 3 unspecified atom stereocenters. The second kappa shape index (κ2) is 9.64. The SMILES string of the molecule is CN(Cc1ccccc1)C1NC(=O)C(c2nc3ccccc3s2)C(N[C@@H]2CCCNC2)N1. The van der Waals surface area contributed by atoms with E-state index in [2.05, 4.69) is 44.4 Å². The second-order valence-electron chi connectivity index (χ2n) is 8.66. The van der Waals surface area contributed by atoms with E-state index in [4.69, 9.17) is 4.98 Å². The average Bonchev–Trinajstić information content (AvgIpc) is 3.24. The highest BCUT2D eigenvalue weighted by molar-refractivity contribution is 7.18. The monoisotopic (exact) mass is 450 g/mol. The molecule has 4 atom stereocenters. The number of hydrogen-bond acceptors (Lipinski definition) is 7. The summed E-state index contributed by atoms with van der Waals surface area (Å²) >= 11 is 1.60. The highest BCUT2D eigenvalue weighted by Gasteiger charge is 2.41. The van der Waals surface area contributed by atoms with E-state index >= 15 is 0 Å². The first-order valence-electron chi connectivity index (χ1n) is 11.3. The van der Waals surface area contributed by atoms with Gasteiger partial charge in [-0.05, 0) is 44.1 Å². The molecular formula is C24H30N6OS. The molecule has 7 nitrogen and oxygen atoms in total. The average molecular weight is 451 g/mol. The molecule has 2 aliphatic rings. The molecule has 2 fully saturated rings. The van der Waals surface area contributed by atoms with Crippen molar-refractivity contribution in [1.29, 1.82) is 0 Å². The van der Waals surface area contributed by atoms with Gasteiger partial charge in [0.05, 0.1) is 16.4 Å². The van der Waals surface area contributed by atoms with Gasteiger partial charge in [0.2, 0.25) is 5.91 Å². The van der Waals surface area contributed by atoms with Crippen molar-refractivity contribution in [2.75, 3.05) is 20.1 Å². The number of benzene rings is 2. The summed E-state index contributed by atoms with van der Waals surface area (Å²) in [5.41, 5.74) is 2.15. The summed E-state index contributed by atoms with van der Waals surface area (Å²) < 4.78 is 1.11. The van der Waals surface area contributed by atoms with Crippen molar-refractivity contribution in [3.05, 3.63) is 65.2 Å². The fourth-order valence-corrected chi connectivity index (χ4v) is 5.66. The molecule has 3 aromatic rings. The zero-order chi connectivity index (χ0) is 21.9. The first-order valence-corrected chi connectivity index (χ1v) is 12.1. The van der Waals surface area contributed by atoms with Gasteiger partial charge in [-0.25, -0.2) is 4.98 Å². The molecule has 3 heterocycles. The van der Waals surface area contributed by atoms with E-state index < -0.39 is 0 Å². The molecule has 2 aliphatic heterocycles. The molecule has 5 rings (SSSR count). The number of amides is 1.